The Bertz CT molecular complexity index is 435. The number of aliphatic imine (C=N–C) groups is 1. The quantitative estimate of drug-likeness (QED) is 0.196. The van der Waals surface area contributed by atoms with Gasteiger partial charge in [-0.2, -0.15) is 0 Å². The van der Waals surface area contributed by atoms with Gasteiger partial charge in [0, 0.05) is 54.0 Å². The maximum Gasteiger partial charge on any atom is 2.00 e. The predicted molar refractivity (Wildman–Crippen MR) is 66.1 cm³/mol. The van der Waals surface area contributed by atoms with Crippen molar-refractivity contribution in [1.29, 1.82) is 0 Å². The Morgan fingerprint density at radius 2 is 2.06 bits per heavy atom. The van der Waals surface area contributed by atoms with Gasteiger partial charge >= 0.3 is 18.6 Å². The summed E-state index contributed by atoms with van der Waals surface area (Å²) in [4.78, 5) is 4.10. The Kier molecular flexibility index (Phi) is 12.3. The maximum atomic E-state index is 8.96. The standard InChI is InChI=1S/C12H13N3O.V.Yb/c1-10(8-16)11-6-4-5-7-12(11)14-9-15(3)13-2;;/h2,4-8,16H,1,3H3;;/q-2;+2;. The second-order valence-corrected chi connectivity index (χ2v) is 3.18. The van der Waals surface area contributed by atoms with Crippen molar-refractivity contribution in [2.75, 3.05) is 7.05 Å². The van der Waals surface area contributed by atoms with Gasteiger partial charge in [-0.05, 0) is 12.5 Å². The van der Waals surface area contributed by atoms with Crippen LogP contribution in [-0.4, -0.2) is 30.2 Å². The van der Waals surface area contributed by atoms with Gasteiger partial charge in [-0.3, -0.25) is 0 Å². The van der Waals surface area contributed by atoms with Crippen LogP contribution < -0.4 is 0 Å². The van der Waals surface area contributed by atoms with E-state index in [-0.39, 0.29) is 65.5 Å². The van der Waals surface area contributed by atoms with E-state index in [1.54, 1.807) is 14.0 Å². The van der Waals surface area contributed by atoms with E-state index in [0.29, 0.717) is 5.69 Å². The Morgan fingerprint density at radius 3 is 2.61 bits per heavy atom. The number of hydrazone groups is 1. The van der Waals surface area contributed by atoms with Crippen molar-refractivity contribution in [2.45, 2.75) is 6.92 Å². The summed E-state index contributed by atoms with van der Waals surface area (Å²) in [7, 11) is 1.63. The fourth-order valence-corrected chi connectivity index (χ4v) is 1.13. The topological polar surface area (TPSA) is 48.2 Å². The monoisotopic (exact) mass is 440 g/mol. The average Bonchev–Trinajstić information content (AvgIpc) is 2.35. The molecule has 1 radical (unpaired) electrons. The van der Waals surface area contributed by atoms with Gasteiger partial charge < -0.3 is 26.9 Å². The van der Waals surface area contributed by atoms with Crippen molar-refractivity contribution >= 4 is 24.3 Å². The van der Waals surface area contributed by atoms with Crippen LogP contribution in [-0.2, 0) is 18.6 Å². The second kappa shape index (κ2) is 10.9. The van der Waals surface area contributed by atoms with Crippen LogP contribution in [0.1, 0.15) is 12.5 Å². The fraction of sp³-hybridized carbons (Fsp3) is 0.167. The van der Waals surface area contributed by atoms with Gasteiger partial charge in [0.1, 0.15) is 0 Å². The number of aliphatic hydroxyl groups excluding tert-OH is 1. The van der Waals surface area contributed by atoms with Crippen molar-refractivity contribution in [3.05, 3.63) is 36.1 Å². The van der Waals surface area contributed by atoms with Crippen LogP contribution in [0.4, 0.5) is 5.69 Å². The molecule has 0 unspecified atom stereocenters. The van der Waals surface area contributed by atoms with Crippen LogP contribution in [0.5, 0.6) is 0 Å². The summed E-state index contributed by atoms with van der Waals surface area (Å²) in [5.74, 6) is 0. The van der Waals surface area contributed by atoms with Crippen LogP contribution in [0.2, 0.25) is 0 Å². The fourth-order valence-electron chi connectivity index (χ4n) is 1.13. The Morgan fingerprint density at radius 1 is 1.44 bits per heavy atom. The molecular formula is C12H13N3OVYb. The third-order valence-electron chi connectivity index (χ3n) is 2.01. The molecule has 6 heteroatoms. The minimum atomic E-state index is 0. The molecular weight excluding hydrogens is 426 g/mol. The first-order valence-corrected chi connectivity index (χ1v) is 4.70. The van der Waals surface area contributed by atoms with Gasteiger partial charge in [-0.25, -0.2) is 0 Å². The number of para-hydroxylation sites is 1. The van der Waals surface area contributed by atoms with E-state index in [4.69, 9.17) is 11.8 Å². The Balaban J connectivity index is 0. The third kappa shape index (κ3) is 6.25. The molecule has 0 fully saturated rings. The first-order chi connectivity index (χ1) is 7.69. The molecule has 1 rings (SSSR count). The summed E-state index contributed by atoms with van der Waals surface area (Å²) < 4.78 is 0. The zero-order valence-corrected chi connectivity index (χ0v) is 13.1. The second-order valence-electron chi connectivity index (χ2n) is 3.18. The zero-order chi connectivity index (χ0) is 12.0. The van der Waals surface area contributed by atoms with Crippen LogP contribution in [0.15, 0.2) is 40.6 Å². The van der Waals surface area contributed by atoms with Crippen LogP contribution in [0.3, 0.4) is 0 Å². The SMILES string of the molecule is [CH-]=NN(C)[C-]=Nc1ccccc1C(C)=CO.[V+2].[Yb]. The minimum Gasteiger partial charge on any atom is -0.515 e. The first kappa shape index (κ1) is 20.3. The van der Waals surface area contributed by atoms with Crippen molar-refractivity contribution in [3.8, 4) is 0 Å². The molecule has 0 aliphatic rings. The summed E-state index contributed by atoms with van der Waals surface area (Å²) >= 11 is 0. The van der Waals surface area contributed by atoms with Gasteiger partial charge in [0.15, 0.2) is 0 Å². The summed E-state index contributed by atoms with van der Waals surface area (Å²) in [6, 6.07) is 7.41. The van der Waals surface area contributed by atoms with E-state index in [2.05, 4.69) is 16.4 Å². The smallest absolute Gasteiger partial charge is 0.515 e. The molecule has 18 heavy (non-hydrogen) atoms. The molecule has 0 saturated carbocycles. The molecule has 1 aromatic carbocycles. The number of nitrogens with zero attached hydrogens (tertiary/aromatic N) is 3. The van der Waals surface area contributed by atoms with Crippen molar-refractivity contribution < 1.29 is 70.6 Å². The molecule has 1 N–H and O–H groups in total. The van der Waals surface area contributed by atoms with Gasteiger partial charge in [-0.15, -0.1) is 6.07 Å². The molecule has 0 saturated heterocycles. The van der Waals surface area contributed by atoms with Gasteiger partial charge in [-0.1, -0.05) is 35.8 Å². The molecule has 0 heterocycles. The molecule has 0 aromatic heterocycles. The molecule has 0 atom stereocenters. The number of benzene rings is 1. The van der Waals surface area contributed by atoms with Crippen molar-refractivity contribution in [2.24, 2.45) is 10.1 Å². The summed E-state index contributed by atoms with van der Waals surface area (Å²) in [5, 5.41) is 13.6. The van der Waals surface area contributed by atoms with E-state index in [0.717, 1.165) is 17.4 Å². The van der Waals surface area contributed by atoms with E-state index in [1.807, 2.05) is 24.3 Å². The van der Waals surface area contributed by atoms with Crippen molar-refractivity contribution in [3.63, 3.8) is 0 Å². The van der Waals surface area contributed by atoms with E-state index in [1.165, 1.54) is 5.01 Å². The Labute approximate surface area is 158 Å². The molecule has 4 nitrogen and oxygen atoms in total. The molecule has 0 spiro atoms. The molecule has 0 aliphatic carbocycles. The first-order valence-electron chi connectivity index (χ1n) is 4.70. The van der Waals surface area contributed by atoms with Crippen LogP contribution >= 0.6 is 0 Å². The third-order valence-corrected chi connectivity index (χ3v) is 2.01. The van der Waals surface area contributed by atoms with Crippen LogP contribution in [0, 0.1) is 46.9 Å². The number of hydrogen-bond donors (Lipinski definition) is 1. The number of aliphatic hydroxyl groups is 1. The molecule has 0 amide bonds. The van der Waals surface area contributed by atoms with E-state index >= 15 is 0 Å². The Hall–Kier alpha value is 0.00390. The normalized spacial score (nSPS) is 10.4. The number of rotatable bonds is 4. The average molecular weight is 439 g/mol. The summed E-state index contributed by atoms with van der Waals surface area (Å²) in [5.41, 5.74) is 2.26. The maximum absolute atomic E-state index is 8.96. The molecule has 0 aliphatic heterocycles. The number of hydrogen-bond acceptors (Lipinski definition) is 3. The summed E-state index contributed by atoms with van der Waals surface area (Å²) in [6.07, 6.45) is 3.67. The van der Waals surface area contributed by atoms with Gasteiger partial charge in [0.25, 0.3) is 0 Å². The van der Waals surface area contributed by atoms with Crippen LogP contribution in [0.25, 0.3) is 5.57 Å². The summed E-state index contributed by atoms with van der Waals surface area (Å²) in [6.45, 7) is 6.83. The number of allylic oxidation sites excluding steroid dienone is 1. The molecule has 1 aromatic rings. The van der Waals surface area contributed by atoms with E-state index in [9.17, 15) is 0 Å². The van der Waals surface area contributed by atoms with Gasteiger partial charge in [0.05, 0.1) is 6.26 Å². The predicted octanol–water partition coefficient (Wildman–Crippen LogP) is 2.56. The molecule has 0 bridgehead atoms. The van der Waals surface area contributed by atoms with Crippen molar-refractivity contribution in [1.82, 2.24) is 5.01 Å². The molecule has 101 valence electrons. The van der Waals surface area contributed by atoms with Gasteiger partial charge in [0.2, 0.25) is 0 Å². The minimum absolute atomic E-state index is 0. The van der Waals surface area contributed by atoms with E-state index < -0.39 is 0 Å². The zero-order valence-electron chi connectivity index (χ0n) is 9.97. The largest absolute Gasteiger partial charge is 2.00 e.